The zero-order valence-corrected chi connectivity index (χ0v) is 6.55. The fourth-order valence-corrected chi connectivity index (χ4v) is 0.854. The zero-order chi connectivity index (χ0) is 10.9. The first kappa shape index (κ1) is 10.3. The van der Waals surface area contributed by atoms with Crippen molar-refractivity contribution < 1.29 is 23.1 Å². The number of nitrogens with one attached hydrogen (secondary N) is 1. The van der Waals surface area contributed by atoms with E-state index in [2.05, 4.69) is 0 Å². The predicted molar refractivity (Wildman–Crippen MR) is 39.0 cm³/mol. The molecule has 0 spiro atoms. The normalized spacial score (nSPS) is 11.4. The van der Waals surface area contributed by atoms with Gasteiger partial charge < -0.3 is 10.1 Å². The molecule has 2 N–H and O–H groups in total. The van der Waals surface area contributed by atoms with E-state index in [1.54, 1.807) is 0 Å². The van der Waals surface area contributed by atoms with Gasteiger partial charge in [0.05, 0.1) is 0 Å². The first-order valence-electron chi connectivity index (χ1n) is 3.35. The van der Waals surface area contributed by atoms with Gasteiger partial charge in [-0.05, 0) is 0 Å². The minimum Gasteiger partial charge on any atom is -0.477 e. The van der Waals surface area contributed by atoms with Crippen LogP contribution >= 0.6 is 0 Å². The van der Waals surface area contributed by atoms with Crippen molar-refractivity contribution in [1.29, 1.82) is 0 Å². The summed E-state index contributed by atoms with van der Waals surface area (Å²) in [6.45, 7) is 0. The van der Waals surface area contributed by atoms with E-state index in [-0.39, 0.29) is 0 Å². The third-order valence-electron chi connectivity index (χ3n) is 1.48. The van der Waals surface area contributed by atoms with E-state index in [0.717, 1.165) is 0 Å². The SMILES string of the molecule is O=C(O)c1c[nH]cc(C(F)(F)F)c1=O. The summed E-state index contributed by atoms with van der Waals surface area (Å²) < 4.78 is 36.2. The van der Waals surface area contributed by atoms with Crippen LogP contribution in [-0.2, 0) is 6.18 Å². The molecule has 14 heavy (non-hydrogen) atoms. The molecule has 0 aliphatic carbocycles. The Kier molecular flexibility index (Phi) is 2.33. The highest BCUT2D eigenvalue weighted by atomic mass is 19.4. The Morgan fingerprint density at radius 1 is 1.36 bits per heavy atom. The molecule has 4 nitrogen and oxygen atoms in total. The number of hydrogen-bond donors (Lipinski definition) is 2. The van der Waals surface area contributed by atoms with Gasteiger partial charge in [-0.2, -0.15) is 13.2 Å². The maximum Gasteiger partial charge on any atom is 0.421 e. The molecule has 0 unspecified atom stereocenters. The van der Waals surface area contributed by atoms with Crippen LogP contribution in [0.4, 0.5) is 13.2 Å². The number of aromatic carboxylic acids is 1. The van der Waals surface area contributed by atoms with Crippen LogP contribution in [0.3, 0.4) is 0 Å². The second-order valence-corrected chi connectivity index (χ2v) is 2.41. The lowest BCUT2D eigenvalue weighted by molar-refractivity contribution is -0.138. The zero-order valence-electron chi connectivity index (χ0n) is 6.55. The lowest BCUT2D eigenvalue weighted by Crippen LogP contribution is -2.24. The Labute approximate surface area is 75.0 Å². The van der Waals surface area contributed by atoms with E-state index < -0.39 is 28.7 Å². The molecule has 1 aromatic heterocycles. The van der Waals surface area contributed by atoms with Crippen LogP contribution in [0.15, 0.2) is 17.2 Å². The summed E-state index contributed by atoms with van der Waals surface area (Å²) in [5, 5.41) is 8.37. The standard InChI is InChI=1S/C7H4F3NO3/c8-7(9,10)4-2-11-1-3(5(4)12)6(13)14/h1-2H,(H,11,12)(H,13,14). The summed E-state index contributed by atoms with van der Waals surface area (Å²) in [6.07, 6.45) is -3.71. The van der Waals surface area contributed by atoms with E-state index in [0.29, 0.717) is 12.4 Å². The molecule has 0 atom stereocenters. The van der Waals surface area contributed by atoms with E-state index in [9.17, 15) is 22.8 Å². The number of carboxylic acid groups (broad SMARTS) is 1. The first-order valence-corrected chi connectivity index (χ1v) is 3.35. The average Bonchev–Trinajstić information content (AvgIpc) is 2.01. The number of H-pyrrole nitrogens is 1. The molecule has 1 rings (SSSR count). The molecule has 0 bridgehead atoms. The fourth-order valence-electron chi connectivity index (χ4n) is 0.854. The highest BCUT2D eigenvalue weighted by molar-refractivity contribution is 5.87. The smallest absolute Gasteiger partial charge is 0.421 e. The van der Waals surface area contributed by atoms with Gasteiger partial charge in [0.2, 0.25) is 5.43 Å². The topological polar surface area (TPSA) is 70.2 Å². The lowest BCUT2D eigenvalue weighted by atomic mass is 10.2. The maximum absolute atomic E-state index is 12.1. The van der Waals surface area contributed by atoms with Gasteiger partial charge >= 0.3 is 12.1 Å². The Morgan fingerprint density at radius 3 is 2.36 bits per heavy atom. The highest BCUT2D eigenvalue weighted by Gasteiger charge is 2.35. The Balaban J connectivity index is 3.44. The molecule has 0 aliphatic rings. The number of carboxylic acids is 1. The van der Waals surface area contributed by atoms with Crippen LogP contribution in [-0.4, -0.2) is 16.1 Å². The Morgan fingerprint density at radius 2 is 1.93 bits per heavy atom. The second-order valence-electron chi connectivity index (χ2n) is 2.41. The van der Waals surface area contributed by atoms with E-state index in [1.165, 1.54) is 0 Å². The number of aromatic nitrogens is 1. The molecular formula is C7H4F3NO3. The van der Waals surface area contributed by atoms with Gasteiger partial charge in [0.1, 0.15) is 11.1 Å². The summed E-state index contributed by atoms with van der Waals surface area (Å²) in [5.41, 5.74) is -3.99. The van der Waals surface area contributed by atoms with E-state index >= 15 is 0 Å². The Hall–Kier alpha value is -1.79. The molecule has 0 aliphatic heterocycles. The quantitative estimate of drug-likeness (QED) is 0.724. The van der Waals surface area contributed by atoms with Crippen molar-refractivity contribution in [1.82, 2.24) is 4.98 Å². The van der Waals surface area contributed by atoms with Crippen molar-refractivity contribution in [2.75, 3.05) is 0 Å². The predicted octanol–water partition coefficient (Wildman–Crippen LogP) is 1.09. The van der Waals surface area contributed by atoms with Crippen LogP contribution in [0, 0.1) is 0 Å². The van der Waals surface area contributed by atoms with Gasteiger partial charge in [-0.25, -0.2) is 4.79 Å². The van der Waals surface area contributed by atoms with Gasteiger partial charge in [-0.1, -0.05) is 0 Å². The summed E-state index contributed by atoms with van der Waals surface area (Å²) in [7, 11) is 0. The number of pyridine rings is 1. The molecule has 0 saturated carbocycles. The van der Waals surface area contributed by atoms with Crippen molar-refractivity contribution in [3.05, 3.63) is 33.7 Å². The number of halogens is 3. The van der Waals surface area contributed by atoms with Crippen LogP contribution < -0.4 is 5.43 Å². The van der Waals surface area contributed by atoms with Gasteiger partial charge in [0, 0.05) is 12.4 Å². The lowest BCUT2D eigenvalue weighted by Gasteiger charge is -2.05. The molecule has 1 aromatic rings. The minimum absolute atomic E-state index is 0.425. The summed E-state index contributed by atoms with van der Waals surface area (Å²) >= 11 is 0. The van der Waals surface area contributed by atoms with Crippen molar-refractivity contribution in [3.63, 3.8) is 0 Å². The highest BCUT2D eigenvalue weighted by Crippen LogP contribution is 2.25. The molecule has 0 amide bonds. The van der Waals surface area contributed by atoms with Crippen LogP contribution in [0.2, 0.25) is 0 Å². The summed E-state index contributed by atoms with van der Waals surface area (Å²) in [5.74, 6) is -1.70. The van der Waals surface area contributed by atoms with Gasteiger partial charge in [0.25, 0.3) is 0 Å². The minimum atomic E-state index is -4.85. The monoisotopic (exact) mass is 207 g/mol. The van der Waals surface area contributed by atoms with Crippen molar-refractivity contribution in [3.8, 4) is 0 Å². The third kappa shape index (κ3) is 1.76. The van der Waals surface area contributed by atoms with Crippen molar-refractivity contribution >= 4 is 5.97 Å². The second kappa shape index (κ2) is 3.17. The van der Waals surface area contributed by atoms with Crippen LogP contribution in [0.1, 0.15) is 15.9 Å². The molecule has 0 saturated heterocycles. The third-order valence-corrected chi connectivity index (χ3v) is 1.48. The largest absolute Gasteiger partial charge is 0.477 e. The molecule has 1 heterocycles. The number of rotatable bonds is 1. The van der Waals surface area contributed by atoms with E-state index in [1.807, 2.05) is 4.98 Å². The summed E-state index contributed by atoms with van der Waals surface area (Å²) in [6, 6.07) is 0. The van der Waals surface area contributed by atoms with Crippen LogP contribution in [0.5, 0.6) is 0 Å². The molecule has 0 aromatic carbocycles. The number of alkyl halides is 3. The first-order chi connectivity index (χ1) is 6.34. The van der Waals surface area contributed by atoms with Gasteiger partial charge in [-0.15, -0.1) is 0 Å². The van der Waals surface area contributed by atoms with Gasteiger partial charge in [0.15, 0.2) is 0 Å². The van der Waals surface area contributed by atoms with Crippen LogP contribution in [0.25, 0.3) is 0 Å². The Bertz CT molecular complexity index is 421. The number of hydrogen-bond acceptors (Lipinski definition) is 2. The number of carbonyl (C=O) groups is 1. The average molecular weight is 207 g/mol. The van der Waals surface area contributed by atoms with Gasteiger partial charge in [-0.3, -0.25) is 4.79 Å². The molecule has 7 heteroatoms. The summed E-state index contributed by atoms with van der Waals surface area (Å²) in [4.78, 5) is 23.2. The van der Waals surface area contributed by atoms with E-state index in [4.69, 9.17) is 5.11 Å². The molecular weight excluding hydrogens is 203 g/mol. The maximum atomic E-state index is 12.1. The van der Waals surface area contributed by atoms with Crippen molar-refractivity contribution in [2.24, 2.45) is 0 Å². The number of aromatic amines is 1. The van der Waals surface area contributed by atoms with Crippen molar-refractivity contribution in [2.45, 2.75) is 6.18 Å². The fraction of sp³-hybridized carbons (Fsp3) is 0.143. The molecule has 0 radical (unpaired) electrons. The molecule has 76 valence electrons. The molecule has 0 fully saturated rings.